The Bertz CT molecular complexity index is 943. The fourth-order valence-electron chi connectivity index (χ4n) is 2.40. The zero-order chi connectivity index (χ0) is 18.2. The maximum absolute atomic E-state index is 13.9. The number of fused-ring (bicyclic) bond motifs is 1. The molecule has 0 saturated heterocycles. The molecule has 0 bridgehead atoms. The number of carboxylic acid groups (broad SMARTS) is 1. The molecular weight excluding hydrogens is 344 g/mol. The summed E-state index contributed by atoms with van der Waals surface area (Å²) in [5.41, 5.74) is 0.296. The van der Waals surface area contributed by atoms with Gasteiger partial charge in [0.1, 0.15) is 17.1 Å². The average molecular weight is 354 g/mol. The monoisotopic (exact) mass is 354 g/mol. The van der Waals surface area contributed by atoms with Gasteiger partial charge in [0.05, 0.1) is 0 Å². The van der Waals surface area contributed by atoms with Gasteiger partial charge in [0, 0.05) is 16.5 Å². The predicted octanol–water partition coefficient (Wildman–Crippen LogP) is 4.88. The molecule has 0 atom stereocenters. The van der Waals surface area contributed by atoms with E-state index >= 15 is 0 Å². The highest BCUT2D eigenvalue weighted by atomic mass is 19.4. The smallest absolute Gasteiger partial charge is 0.422 e. The van der Waals surface area contributed by atoms with Crippen LogP contribution < -0.4 is 4.74 Å². The average Bonchev–Trinajstić information content (AvgIpc) is 2.96. The Morgan fingerprint density at radius 2 is 1.84 bits per heavy atom. The Morgan fingerprint density at radius 1 is 1.12 bits per heavy atom. The number of para-hydroxylation sites is 1. The van der Waals surface area contributed by atoms with E-state index in [0.29, 0.717) is 0 Å². The molecule has 0 fully saturated rings. The lowest BCUT2D eigenvalue weighted by atomic mass is 10.0. The predicted molar refractivity (Wildman–Crippen MR) is 80.1 cm³/mol. The van der Waals surface area contributed by atoms with E-state index in [1.54, 1.807) is 0 Å². The number of hydrogen-bond acceptors (Lipinski definition) is 3. The quantitative estimate of drug-likeness (QED) is 0.679. The normalized spacial score (nSPS) is 11.7. The summed E-state index contributed by atoms with van der Waals surface area (Å²) in [6.07, 6.45) is -4.54. The van der Waals surface area contributed by atoms with Gasteiger partial charge < -0.3 is 14.3 Å². The highest BCUT2D eigenvalue weighted by Crippen LogP contribution is 2.37. The largest absolute Gasteiger partial charge is 0.483 e. The molecule has 3 aromatic rings. The van der Waals surface area contributed by atoms with Crippen molar-refractivity contribution in [1.82, 2.24) is 0 Å². The Kier molecular flexibility index (Phi) is 4.12. The number of carbonyl (C=O) groups is 1. The van der Waals surface area contributed by atoms with E-state index in [1.807, 2.05) is 0 Å². The lowest BCUT2D eigenvalue weighted by molar-refractivity contribution is -0.153. The van der Waals surface area contributed by atoms with Crippen molar-refractivity contribution in [2.45, 2.75) is 6.18 Å². The third kappa shape index (κ3) is 3.57. The Morgan fingerprint density at radius 3 is 2.52 bits per heavy atom. The molecule has 1 aromatic heterocycles. The van der Waals surface area contributed by atoms with Crippen LogP contribution in [0.2, 0.25) is 0 Å². The van der Waals surface area contributed by atoms with E-state index in [2.05, 4.69) is 0 Å². The number of ether oxygens (including phenoxy) is 1. The van der Waals surface area contributed by atoms with Crippen LogP contribution in [0, 0.1) is 5.82 Å². The van der Waals surface area contributed by atoms with E-state index in [9.17, 15) is 22.4 Å². The molecule has 0 aliphatic heterocycles. The second-order valence-corrected chi connectivity index (χ2v) is 5.19. The van der Waals surface area contributed by atoms with Gasteiger partial charge in [-0.2, -0.15) is 13.2 Å². The van der Waals surface area contributed by atoms with Crippen LogP contribution in [-0.2, 0) is 0 Å². The highest BCUT2D eigenvalue weighted by molar-refractivity contribution is 5.98. The zero-order valence-corrected chi connectivity index (χ0v) is 12.4. The van der Waals surface area contributed by atoms with Crippen LogP contribution in [0.15, 0.2) is 46.9 Å². The first-order valence-electron chi connectivity index (χ1n) is 7.00. The van der Waals surface area contributed by atoms with Crippen molar-refractivity contribution in [3.05, 3.63) is 54.0 Å². The van der Waals surface area contributed by atoms with Crippen LogP contribution in [0.25, 0.3) is 22.1 Å². The molecule has 25 heavy (non-hydrogen) atoms. The van der Waals surface area contributed by atoms with Crippen molar-refractivity contribution in [2.24, 2.45) is 0 Å². The molecule has 8 heteroatoms. The van der Waals surface area contributed by atoms with Gasteiger partial charge in [-0.25, -0.2) is 9.18 Å². The Balaban J connectivity index is 2.15. The maximum Gasteiger partial charge on any atom is 0.422 e. The van der Waals surface area contributed by atoms with Crippen LogP contribution >= 0.6 is 0 Å². The SMILES string of the molecule is O=C(O)c1cc2cc(F)cc(-c3ccccc3OCC(F)(F)F)c2o1. The van der Waals surface area contributed by atoms with Gasteiger partial charge in [0.2, 0.25) is 5.76 Å². The number of benzene rings is 2. The van der Waals surface area contributed by atoms with E-state index in [1.165, 1.54) is 24.3 Å². The summed E-state index contributed by atoms with van der Waals surface area (Å²) >= 11 is 0. The number of carboxylic acids is 1. The zero-order valence-electron chi connectivity index (χ0n) is 12.4. The van der Waals surface area contributed by atoms with E-state index in [4.69, 9.17) is 14.3 Å². The van der Waals surface area contributed by atoms with Gasteiger partial charge in [0.25, 0.3) is 0 Å². The summed E-state index contributed by atoms with van der Waals surface area (Å²) in [4.78, 5) is 11.0. The van der Waals surface area contributed by atoms with E-state index in [0.717, 1.165) is 18.2 Å². The van der Waals surface area contributed by atoms with Crippen LogP contribution in [0.1, 0.15) is 10.6 Å². The topological polar surface area (TPSA) is 59.7 Å². The fourth-order valence-corrected chi connectivity index (χ4v) is 2.40. The third-order valence-electron chi connectivity index (χ3n) is 3.36. The minimum absolute atomic E-state index is 0.0434. The van der Waals surface area contributed by atoms with Gasteiger partial charge in [-0.3, -0.25) is 0 Å². The van der Waals surface area contributed by atoms with Crippen molar-refractivity contribution in [3.8, 4) is 16.9 Å². The van der Waals surface area contributed by atoms with Crippen molar-refractivity contribution in [1.29, 1.82) is 0 Å². The minimum atomic E-state index is -4.54. The van der Waals surface area contributed by atoms with Crippen molar-refractivity contribution in [2.75, 3.05) is 6.61 Å². The summed E-state index contributed by atoms with van der Waals surface area (Å²) in [7, 11) is 0. The van der Waals surface area contributed by atoms with E-state index < -0.39 is 30.3 Å². The Hall–Kier alpha value is -3.03. The molecule has 2 aromatic carbocycles. The molecule has 3 rings (SSSR count). The number of halogens is 4. The molecule has 1 heterocycles. The van der Waals surface area contributed by atoms with Gasteiger partial charge in [-0.1, -0.05) is 18.2 Å². The van der Waals surface area contributed by atoms with Gasteiger partial charge in [-0.05, 0) is 24.3 Å². The van der Waals surface area contributed by atoms with Crippen LogP contribution in [0.5, 0.6) is 5.75 Å². The summed E-state index contributed by atoms with van der Waals surface area (Å²) < 4.78 is 61.2. The molecule has 0 radical (unpaired) electrons. The maximum atomic E-state index is 13.9. The number of aromatic carboxylic acids is 1. The molecule has 0 aliphatic carbocycles. The Labute approximate surface area is 138 Å². The molecular formula is C17H10F4O4. The number of rotatable bonds is 4. The second kappa shape index (κ2) is 6.12. The van der Waals surface area contributed by atoms with Gasteiger partial charge in [0.15, 0.2) is 6.61 Å². The molecule has 0 amide bonds. The summed E-state index contributed by atoms with van der Waals surface area (Å²) in [6.45, 7) is -1.51. The third-order valence-corrected chi connectivity index (χ3v) is 3.36. The minimum Gasteiger partial charge on any atom is -0.483 e. The first kappa shape index (κ1) is 16.8. The molecule has 4 nitrogen and oxygen atoms in total. The molecule has 0 spiro atoms. The fraction of sp³-hybridized carbons (Fsp3) is 0.118. The van der Waals surface area contributed by atoms with Crippen molar-refractivity contribution < 1.29 is 36.6 Å². The number of alkyl halides is 3. The summed E-state index contributed by atoms with van der Waals surface area (Å²) in [6, 6.07) is 9.01. The highest BCUT2D eigenvalue weighted by Gasteiger charge is 2.29. The molecule has 0 saturated carbocycles. The van der Waals surface area contributed by atoms with Crippen molar-refractivity contribution >= 4 is 16.9 Å². The van der Waals surface area contributed by atoms with Gasteiger partial charge in [-0.15, -0.1) is 0 Å². The summed E-state index contributed by atoms with van der Waals surface area (Å²) in [5, 5.41) is 9.19. The summed E-state index contributed by atoms with van der Waals surface area (Å²) in [5.74, 6) is -2.56. The van der Waals surface area contributed by atoms with Crippen molar-refractivity contribution in [3.63, 3.8) is 0 Å². The van der Waals surface area contributed by atoms with Crippen LogP contribution in [-0.4, -0.2) is 23.9 Å². The second-order valence-electron chi connectivity index (χ2n) is 5.19. The first-order valence-corrected chi connectivity index (χ1v) is 7.00. The first-order chi connectivity index (χ1) is 11.7. The number of hydrogen-bond donors (Lipinski definition) is 1. The molecule has 1 N–H and O–H groups in total. The number of furan rings is 1. The standard InChI is InChI=1S/C17H10F4O4/c18-10-5-9-6-14(16(22)23)25-15(9)12(7-10)11-3-1-2-4-13(11)24-8-17(19,20)21/h1-7H,8H2,(H,22,23). The molecule has 0 unspecified atom stereocenters. The molecule has 0 aliphatic rings. The lowest BCUT2D eigenvalue weighted by Gasteiger charge is -2.13. The lowest BCUT2D eigenvalue weighted by Crippen LogP contribution is -2.19. The molecule has 130 valence electrons. The van der Waals surface area contributed by atoms with Crippen LogP contribution in [0.3, 0.4) is 0 Å². The van der Waals surface area contributed by atoms with Crippen LogP contribution in [0.4, 0.5) is 17.6 Å². The van der Waals surface area contributed by atoms with E-state index in [-0.39, 0.29) is 27.8 Å². The van der Waals surface area contributed by atoms with Gasteiger partial charge >= 0.3 is 12.1 Å².